The molecule has 21 heavy (non-hydrogen) atoms. The van der Waals surface area contributed by atoms with Crippen LogP contribution in [0.4, 0.5) is 0 Å². The molecule has 0 spiro atoms. The fraction of sp³-hybridized carbons (Fsp3) is 0.625. The highest BCUT2D eigenvalue weighted by atomic mass is 16.5. The van der Waals surface area contributed by atoms with E-state index in [9.17, 15) is 9.90 Å². The lowest BCUT2D eigenvalue weighted by Gasteiger charge is -2.54. The van der Waals surface area contributed by atoms with E-state index < -0.39 is 11.6 Å². The zero-order valence-electron chi connectivity index (χ0n) is 12.6. The topological polar surface area (TPSA) is 62.7 Å². The van der Waals surface area contributed by atoms with Gasteiger partial charge in [-0.1, -0.05) is 6.42 Å². The van der Waals surface area contributed by atoms with E-state index in [-0.39, 0.29) is 5.56 Å². The van der Waals surface area contributed by atoms with Crippen LogP contribution in [0.3, 0.4) is 0 Å². The second-order valence-electron chi connectivity index (χ2n) is 6.28. The lowest BCUT2D eigenvalue weighted by molar-refractivity contribution is -0.168. The Bertz CT molecular complexity index is 532. The summed E-state index contributed by atoms with van der Waals surface area (Å²) in [6.07, 6.45) is 5.02. The van der Waals surface area contributed by atoms with Gasteiger partial charge in [-0.15, -0.1) is 0 Å². The van der Waals surface area contributed by atoms with E-state index in [1.165, 1.54) is 6.42 Å². The third-order valence-electron chi connectivity index (χ3n) is 5.13. The summed E-state index contributed by atoms with van der Waals surface area (Å²) >= 11 is 0. The summed E-state index contributed by atoms with van der Waals surface area (Å²) in [6.45, 7) is 1.95. The second kappa shape index (κ2) is 5.39. The van der Waals surface area contributed by atoms with Gasteiger partial charge in [0, 0.05) is 38.2 Å². The van der Waals surface area contributed by atoms with Crippen molar-refractivity contribution in [3.05, 3.63) is 29.6 Å². The molecule has 2 heterocycles. The molecule has 1 aromatic rings. The highest BCUT2D eigenvalue weighted by Gasteiger charge is 2.53. The van der Waals surface area contributed by atoms with Crippen LogP contribution in [0.5, 0.6) is 0 Å². The molecule has 0 aromatic carbocycles. The van der Waals surface area contributed by atoms with Gasteiger partial charge in [0.25, 0.3) is 0 Å². The lowest BCUT2D eigenvalue weighted by Crippen LogP contribution is -2.58. The van der Waals surface area contributed by atoms with Gasteiger partial charge in [0.05, 0.1) is 11.3 Å². The number of likely N-dealkylation sites (tertiary alicyclic amines) is 1. The van der Waals surface area contributed by atoms with E-state index in [1.54, 1.807) is 25.4 Å². The smallest absolute Gasteiger partial charge is 0.335 e. The first-order valence-corrected chi connectivity index (χ1v) is 7.51. The van der Waals surface area contributed by atoms with Crippen LogP contribution < -0.4 is 0 Å². The molecule has 5 heteroatoms. The van der Waals surface area contributed by atoms with Crippen LogP contribution in [-0.4, -0.2) is 48.2 Å². The van der Waals surface area contributed by atoms with Crippen LogP contribution in [0.15, 0.2) is 18.3 Å². The highest BCUT2D eigenvalue weighted by molar-refractivity contribution is 5.87. The number of aromatic carboxylic acids is 1. The van der Waals surface area contributed by atoms with Crippen LogP contribution >= 0.6 is 0 Å². The summed E-state index contributed by atoms with van der Waals surface area (Å²) < 4.78 is 6.03. The monoisotopic (exact) mass is 290 g/mol. The summed E-state index contributed by atoms with van der Waals surface area (Å²) in [6, 6.07) is 3.24. The van der Waals surface area contributed by atoms with E-state index in [0.717, 1.165) is 31.6 Å². The largest absolute Gasteiger partial charge is 0.478 e. The third-order valence-corrected chi connectivity index (χ3v) is 5.13. The molecule has 1 aromatic heterocycles. The van der Waals surface area contributed by atoms with Gasteiger partial charge in [-0.25, -0.2) is 4.79 Å². The first-order valence-electron chi connectivity index (χ1n) is 7.51. The molecule has 1 aliphatic carbocycles. The minimum Gasteiger partial charge on any atom is -0.478 e. The van der Waals surface area contributed by atoms with E-state index in [1.807, 2.05) is 0 Å². The summed E-state index contributed by atoms with van der Waals surface area (Å²) in [5.74, 6) is -0.170. The highest BCUT2D eigenvalue weighted by Crippen LogP contribution is 2.50. The Morgan fingerprint density at radius 1 is 1.43 bits per heavy atom. The van der Waals surface area contributed by atoms with Crippen molar-refractivity contribution in [2.24, 2.45) is 11.8 Å². The number of carboxylic acid groups (broad SMARTS) is 1. The Labute approximate surface area is 124 Å². The zero-order chi connectivity index (χ0) is 15.0. The Morgan fingerprint density at radius 2 is 2.10 bits per heavy atom. The molecule has 5 nitrogen and oxygen atoms in total. The Hall–Kier alpha value is -1.46. The molecule has 2 bridgehead atoms. The molecule has 0 amide bonds. The normalized spacial score (nSPS) is 32.9. The molecular formula is C16H22N2O3. The van der Waals surface area contributed by atoms with Crippen LogP contribution in [0.1, 0.15) is 35.3 Å². The predicted octanol–water partition coefficient (Wildman–Crippen LogP) is 1.98. The number of aromatic nitrogens is 1. The van der Waals surface area contributed by atoms with Crippen LogP contribution in [-0.2, 0) is 10.3 Å². The predicted molar refractivity (Wildman–Crippen MR) is 78.2 cm³/mol. The van der Waals surface area contributed by atoms with Gasteiger partial charge in [-0.2, -0.15) is 0 Å². The standard InChI is InChI=1S/C16H22N2O3/c1-18-9-12-4-3-5-13(10-18)16(12,21-2)14-8-11(15(19)20)6-7-17-14/h6-8,12-13H,3-5,9-10H2,1-2H3,(H,19,20)/t12-,13+,16?. The average molecular weight is 290 g/mol. The minimum absolute atomic E-state index is 0.286. The molecule has 3 atom stereocenters. The fourth-order valence-corrected chi connectivity index (χ4v) is 4.29. The van der Waals surface area contributed by atoms with Crippen molar-refractivity contribution in [3.63, 3.8) is 0 Å². The Balaban J connectivity index is 2.07. The molecule has 1 saturated heterocycles. The van der Waals surface area contributed by atoms with Crippen LogP contribution in [0, 0.1) is 11.8 Å². The van der Waals surface area contributed by atoms with Gasteiger partial charge in [0.2, 0.25) is 0 Å². The summed E-state index contributed by atoms with van der Waals surface area (Å²) in [5, 5.41) is 9.23. The van der Waals surface area contributed by atoms with Gasteiger partial charge in [-0.3, -0.25) is 4.98 Å². The van der Waals surface area contributed by atoms with E-state index >= 15 is 0 Å². The number of carboxylic acids is 1. The molecule has 3 rings (SSSR count). The first kappa shape index (κ1) is 14.5. The molecule has 114 valence electrons. The van der Waals surface area contributed by atoms with Crippen molar-refractivity contribution in [3.8, 4) is 0 Å². The van der Waals surface area contributed by atoms with Gasteiger partial charge in [0.1, 0.15) is 5.60 Å². The van der Waals surface area contributed by atoms with Crippen LogP contribution in [0.25, 0.3) is 0 Å². The summed E-state index contributed by atoms with van der Waals surface area (Å²) in [7, 11) is 3.89. The maximum absolute atomic E-state index is 11.3. The lowest BCUT2D eigenvalue weighted by atomic mass is 9.63. The number of pyridine rings is 1. The summed E-state index contributed by atoms with van der Waals surface area (Å²) in [5.41, 5.74) is 0.636. The number of methoxy groups -OCH3 is 1. The molecule has 0 radical (unpaired) electrons. The van der Waals surface area contributed by atoms with Gasteiger partial charge in [0.15, 0.2) is 0 Å². The number of hydrogen-bond acceptors (Lipinski definition) is 4. The molecule has 2 fully saturated rings. The van der Waals surface area contributed by atoms with Crippen molar-refractivity contribution in [2.45, 2.75) is 24.9 Å². The SMILES string of the molecule is COC1(c2cc(C(=O)O)ccn2)[C@@H]2CCC[C@H]1CN(C)C2. The molecule has 1 N–H and O–H groups in total. The first-order chi connectivity index (χ1) is 10.1. The Morgan fingerprint density at radius 3 is 2.67 bits per heavy atom. The van der Waals surface area contributed by atoms with Gasteiger partial charge >= 0.3 is 5.97 Å². The van der Waals surface area contributed by atoms with Crippen molar-refractivity contribution in [2.75, 3.05) is 27.2 Å². The Kier molecular flexibility index (Phi) is 3.71. The molecule has 1 saturated carbocycles. The van der Waals surface area contributed by atoms with Crippen molar-refractivity contribution < 1.29 is 14.6 Å². The van der Waals surface area contributed by atoms with E-state index in [2.05, 4.69) is 16.9 Å². The average Bonchev–Trinajstić information content (AvgIpc) is 2.46. The molecular weight excluding hydrogens is 268 g/mol. The quantitative estimate of drug-likeness (QED) is 0.922. The number of carbonyl (C=O) groups is 1. The van der Waals surface area contributed by atoms with Crippen molar-refractivity contribution in [1.29, 1.82) is 0 Å². The maximum Gasteiger partial charge on any atom is 0.335 e. The molecule has 2 aliphatic rings. The number of piperidine rings is 1. The van der Waals surface area contributed by atoms with E-state index in [4.69, 9.17) is 4.74 Å². The van der Waals surface area contributed by atoms with E-state index in [0.29, 0.717) is 11.8 Å². The maximum atomic E-state index is 11.3. The van der Waals surface area contributed by atoms with Crippen molar-refractivity contribution in [1.82, 2.24) is 9.88 Å². The number of nitrogens with zero attached hydrogens (tertiary/aromatic N) is 2. The third kappa shape index (κ3) is 2.24. The number of rotatable bonds is 3. The molecule has 1 unspecified atom stereocenters. The fourth-order valence-electron chi connectivity index (χ4n) is 4.29. The number of fused-ring (bicyclic) bond motifs is 2. The zero-order valence-corrected chi connectivity index (χ0v) is 12.6. The minimum atomic E-state index is -0.914. The second-order valence-corrected chi connectivity index (χ2v) is 6.28. The van der Waals surface area contributed by atoms with Gasteiger partial charge < -0.3 is 14.7 Å². The molecule has 1 aliphatic heterocycles. The van der Waals surface area contributed by atoms with Crippen LogP contribution in [0.2, 0.25) is 0 Å². The summed E-state index contributed by atoms with van der Waals surface area (Å²) in [4.78, 5) is 18.1. The van der Waals surface area contributed by atoms with Gasteiger partial charge in [-0.05, 0) is 32.0 Å². The van der Waals surface area contributed by atoms with Crippen molar-refractivity contribution >= 4 is 5.97 Å². The number of hydrogen-bond donors (Lipinski definition) is 1. The number of ether oxygens (including phenoxy) is 1.